The van der Waals surface area contributed by atoms with Crippen molar-refractivity contribution in [1.82, 2.24) is 25.3 Å². The molecular formula is C14H25I3N6. The van der Waals surface area contributed by atoms with E-state index >= 15 is 0 Å². The maximum Gasteiger partial charge on any atom is 0.0925 e. The number of halogens is 3. The van der Waals surface area contributed by atoms with Gasteiger partial charge in [-0.05, 0) is 12.5 Å². The Morgan fingerprint density at radius 1 is 1.30 bits per heavy atom. The van der Waals surface area contributed by atoms with E-state index in [1.54, 1.807) is 18.9 Å². The highest BCUT2D eigenvalue weighted by molar-refractivity contribution is 15.0. The molecular weight excluding hydrogens is 633 g/mol. The van der Waals surface area contributed by atoms with Crippen molar-refractivity contribution >= 4 is 61.2 Å². The van der Waals surface area contributed by atoms with E-state index in [1.807, 2.05) is 0 Å². The fourth-order valence-electron chi connectivity index (χ4n) is 2.38. The van der Waals surface area contributed by atoms with Crippen LogP contribution in [0.3, 0.4) is 0 Å². The van der Waals surface area contributed by atoms with E-state index in [0.717, 1.165) is 25.1 Å². The lowest BCUT2D eigenvalue weighted by atomic mass is 9.96. The molecule has 0 bridgehead atoms. The average Bonchev–Trinajstić information content (AvgIpc) is 3.20. The summed E-state index contributed by atoms with van der Waals surface area (Å²) in [5.41, 5.74) is 8.91. The number of fused-ring (bicyclic) bond motifs is 1. The molecule has 2 aromatic rings. The zero-order valence-electron chi connectivity index (χ0n) is 13.4. The normalized spacial score (nSPS) is 15.5. The van der Waals surface area contributed by atoms with Gasteiger partial charge in [-0.1, -0.05) is 13.8 Å². The van der Waals surface area contributed by atoms with Gasteiger partial charge in [0.2, 0.25) is 0 Å². The zero-order chi connectivity index (χ0) is 16.4. The Balaban J connectivity index is 0.000000388. The average molecular weight is 658 g/mol. The second-order valence-electron chi connectivity index (χ2n) is 5.31. The molecule has 0 saturated heterocycles. The number of nitrogens with one attached hydrogen (secondary N) is 3. The molecule has 3 rings (SSSR count). The maximum absolute atomic E-state index is 5.27. The lowest BCUT2D eigenvalue weighted by molar-refractivity contribution is 0.386. The van der Waals surface area contributed by atoms with Gasteiger partial charge in [-0.15, -0.1) is 24.0 Å². The highest BCUT2D eigenvalue weighted by Gasteiger charge is 2.24. The molecule has 3 heterocycles. The van der Waals surface area contributed by atoms with Crippen LogP contribution in [0, 0.1) is 5.92 Å². The number of aromatic amines is 2. The van der Waals surface area contributed by atoms with Crippen molar-refractivity contribution in [1.29, 1.82) is 0 Å². The van der Waals surface area contributed by atoms with Gasteiger partial charge in [0.1, 0.15) is 0 Å². The van der Waals surface area contributed by atoms with E-state index < -0.39 is 0 Å². The summed E-state index contributed by atoms with van der Waals surface area (Å²) < 4.78 is 0. The number of hydrogen-bond acceptors (Lipinski definition) is 4. The van der Waals surface area contributed by atoms with Crippen molar-refractivity contribution < 1.29 is 0 Å². The number of rotatable bonds is 3. The van der Waals surface area contributed by atoms with Gasteiger partial charge < -0.3 is 21.0 Å². The second kappa shape index (κ2) is 13.8. The van der Waals surface area contributed by atoms with Gasteiger partial charge in [0.25, 0.3) is 0 Å². The minimum Gasteiger partial charge on any atom is -0.348 e. The predicted octanol–water partition coefficient (Wildman–Crippen LogP) is 3.55. The minimum absolute atomic E-state index is 0. The van der Waals surface area contributed by atoms with Crippen LogP contribution in [0.4, 0.5) is 0 Å². The van der Waals surface area contributed by atoms with Gasteiger partial charge in [-0.3, -0.25) is 0 Å². The molecule has 0 radical (unpaired) electrons. The molecule has 1 aliphatic heterocycles. The largest absolute Gasteiger partial charge is 0.348 e. The molecule has 0 aromatic carbocycles. The van der Waals surface area contributed by atoms with E-state index in [0.29, 0.717) is 18.5 Å². The molecule has 6 nitrogen and oxygen atoms in total. The van der Waals surface area contributed by atoms with Crippen LogP contribution in [-0.2, 0) is 12.8 Å². The van der Waals surface area contributed by atoms with Crippen LogP contribution >= 0.6 is 61.2 Å². The first-order valence-electron chi connectivity index (χ1n) is 7.29. The lowest BCUT2D eigenvalue weighted by Crippen LogP contribution is -2.33. The summed E-state index contributed by atoms with van der Waals surface area (Å²) in [6, 6.07) is 0.444. The molecule has 0 aliphatic carbocycles. The summed E-state index contributed by atoms with van der Waals surface area (Å²) in [6.07, 6.45) is 7.21. The summed E-state index contributed by atoms with van der Waals surface area (Å²) in [4.78, 5) is 14.3. The van der Waals surface area contributed by atoms with Gasteiger partial charge in [0.15, 0.2) is 0 Å². The third-order valence-corrected chi connectivity index (χ3v) is 3.42. The third kappa shape index (κ3) is 7.96. The quantitative estimate of drug-likeness (QED) is 0.380. The van der Waals surface area contributed by atoms with Gasteiger partial charge >= 0.3 is 0 Å². The molecule has 1 atom stereocenters. The fraction of sp³-hybridized carbons (Fsp3) is 0.571. The molecule has 132 valence electrons. The van der Waals surface area contributed by atoms with Crippen molar-refractivity contribution in [3.05, 3.63) is 35.9 Å². The first kappa shape index (κ1) is 23.5. The highest BCUT2D eigenvalue weighted by atomic mass is 128. The van der Waals surface area contributed by atoms with Gasteiger partial charge in [-0.25, -0.2) is 9.97 Å². The molecule has 9 heteroatoms. The molecule has 1 unspecified atom stereocenters. The summed E-state index contributed by atoms with van der Waals surface area (Å²) in [7, 11) is 0. The Kier molecular flexibility index (Phi) is 14.1. The molecule has 0 fully saturated rings. The van der Waals surface area contributed by atoms with E-state index in [4.69, 9.17) is 5.73 Å². The van der Waals surface area contributed by atoms with Crippen molar-refractivity contribution in [2.75, 3.05) is 13.1 Å². The van der Waals surface area contributed by atoms with Crippen LogP contribution in [0.1, 0.15) is 37.0 Å². The standard InChI is InChI=1S/C9H15N3.C5H9N3.I2.HI/c1-6(2)8-9-7(3-4-10-8)11-5-12-9;6-2-1-5-3-7-4-8-5;1-2;/h5-6,8,10H,3-4H2,1-2H3,(H,11,12);3-4H,1-2,6H2,(H,7,8);;1H. The van der Waals surface area contributed by atoms with E-state index in [-0.39, 0.29) is 24.0 Å². The van der Waals surface area contributed by atoms with Crippen LogP contribution in [0.5, 0.6) is 0 Å². The predicted molar refractivity (Wildman–Crippen MR) is 123 cm³/mol. The zero-order valence-corrected chi connectivity index (χ0v) is 20.0. The monoisotopic (exact) mass is 658 g/mol. The first-order valence-corrected chi connectivity index (χ1v) is 13.6. The van der Waals surface area contributed by atoms with E-state index in [2.05, 4.69) is 76.3 Å². The van der Waals surface area contributed by atoms with Gasteiger partial charge in [0.05, 0.1) is 24.4 Å². The number of nitrogens with two attached hydrogens (primary N) is 1. The molecule has 0 spiro atoms. The van der Waals surface area contributed by atoms with Crippen LogP contribution < -0.4 is 11.1 Å². The summed E-state index contributed by atoms with van der Waals surface area (Å²) in [5.74, 6) is 0.618. The Labute approximate surface area is 178 Å². The van der Waals surface area contributed by atoms with Crippen LogP contribution in [0.25, 0.3) is 0 Å². The fourth-order valence-corrected chi connectivity index (χ4v) is 2.38. The Hall–Kier alpha value is 0.530. The van der Waals surface area contributed by atoms with Crippen molar-refractivity contribution in [2.24, 2.45) is 11.7 Å². The lowest BCUT2D eigenvalue weighted by Gasteiger charge is -2.25. The van der Waals surface area contributed by atoms with Crippen LogP contribution in [0.15, 0.2) is 18.9 Å². The molecule has 1 aliphatic rings. The van der Waals surface area contributed by atoms with E-state index in [9.17, 15) is 0 Å². The topological polar surface area (TPSA) is 95.4 Å². The van der Waals surface area contributed by atoms with Crippen molar-refractivity contribution in [3.8, 4) is 0 Å². The molecule has 23 heavy (non-hydrogen) atoms. The number of H-pyrrole nitrogens is 2. The number of imidazole rings is 2. The number of aromatic nitrogens is 4. The van der Waals surface area contributed by atoms with E-state index in [1.165, 1.54) is 11.4 Å². The Morgan fingerprint density at radius 3 is 2.61 bits per heavy atom. The third-order valence-electron chi connectivity index (χ3n) is 3.42. The summed E-state index contributed by atoms with van der Waals surface area (Å²) in [6.45, 7) is 6.20. The second-order valence-corrected chi connectivity index (χ2v) is 5.31. The Bertz CT molecular complexity index is 500. The molecule has 2 aromatic heterocycles. The van der Waals surface area contributed by atoms with Crippen molar-refractivity contribution in [2.45, 2.75) is 32.7 Å². The maximum atomic E-state index is 5.27. The van der Waals surface area contributed by atoms with Crippen LogP contribution in [0.2, 0.25) is 0 Å². The molecule has 0 amide bonds. The smallest absolute Gasteiger partial charge is 0.0925 e. The van der Waals surface area contributed by atoms with Crippen molar-refractivity contribution in [3.63, 3.8) is 0 Å². The molecule has 0 saturated carbocycles. The van der Waals surface area contributed by atoms with Crippen LogP contribution in [-0.4, -0.2) is 33.0 Å². The van der Waals surface area contributed by atoms with Gasteiger partial charge in [0, 0.05) is 74.2 Å². The Morgan fingerprint density at radius 2 is 2.04 bits per heavy atom. The summed E-state index contributed by atoms with van der Waals surface area (Å²) in [5, 5.41) is 3.48. The number of hydrogen-bond donors (Lipinski definition) is 4. The summed E-state index contributed by atoms with van der Waals surface area (Å²) >= 11 is 4.24. The van der Waals surface area contributed by atoms with Gasteiger partial charge in [-0.2, -0.15) is 0 Å². The SMILES string of the molecule is CC(C)C1NCCc2[nH]cnc21.I.II.NCCc1cnc[nH]1. The first-order chi connectivity index (χ1) is 10.7. The number of nitrogens with zero attached hydrogens (tertiary/aromatic N) is 2. The minimum atomic E-state index is 0. The highest BCUT2D eigenvalue weighted by Crippen LogP contribution is 2.25. The molecule has 5 N–H and O–H groups in total.